The standard InChI is InChI=1S/C16H21N9O/c1-10(2)12-20-14-11(8-19-23(14)3)15(21-12)24-4-6-25(7-5-24)16(26)13-17-9-18-22-13/h8-10H,4-7H2,1-3H3,(H,17,18,22). The predicted octanol–water partition coefficient (Wildman–Crippen LogP) is 0.567. The van der Waals surface area contributed by atoms with Crippen LogP contribution in [0.1, 0.15) is 36.2 Å². The summed E-state index contributed by atoms with van der Waals surface area (Å²) in [6.45, 7) is 6.74. The molecule has 3 aromatic heterocycles. The van der Waals surface area contributed by atoms with Gasteiger partial charge in [0.1, 0.15) is 18.0 Å². The zero-order valence-electron chi connectivity index (χ0n) is 15.0. The van der Waals surface area contributed by atoms with Crippen LogP contribution in [0.3, 0.4) is 0 Å². The van der Waals surface area contributed by atoms with Crippen molar-refractivity contribution in [2.75, 3.05) is 31.1 Å². The number of nitrogens with one attached hydrogen (secondary N) is 1. The molecule has 0 bridgehead atoms. The highest BCUT2D eigenvalue weighted by atomic mass is 16.2. The van der Waals surface area contributed by atoms with Crippen molar-refractivity contribution in [2.45, 2.75) is 19.8 Å². The summed E-state index contributed by atoms with van der Waals surface area (Å²) in [5, 5.41) is 11.6. The second-order valence-corrected chi connectivity index (χ2v) is 6.68. The first-order valence-corrected chi connectivity index (χ1v) is 8.64. The smallest absolute Gasteiger partial charge is 0.291 e. The van der Waals surface area contributed by atoms with E-state index in [9.17, 15) is 4.79 Å². The summed E-state index contributed by atoms with van der Waals surface area (Å²) >= 11 is 0. The molecule has 26 heavy (non-hydrogen) atoms. The molecule has 1 N–H and O–H groups in total. The van der Waals surface area contributed by atoms with Crippen LogP contribution in [0, 0.1) is 0 Å². The molecule has 4 rings (SSSR count). The second kappa shape index (κ2) is 6.36. The van der Waals surface area contributed by atoms with Crippen LogP contribution in [0.2, 0.25) is 0 Å². The van der Waals surface area contributed by atoms with E-state index in [1.807, 2.05) is 7.05 Å². The van der Waals surface area contributed by atoms with Gasteiger partial charge in [-0.05, 0) is 0 Å². The first-order valence-electron chi connectivity index (χ1n) is 8.64. The highest BCUT2D eigenvalue weighted by Crippen LogP contribution is 2.26. The third-order valence-corrected chi connectivity index (χ3v) is 4.59. The maximum atomic E-state index is 12.4. The third kappa shape index (κ3) is 2.76. The SMILES string of the molecule is CC(C)c1nc(N2CCN(C(=O)c3ncn[nH]3)CC2)c2cnn(C)c2n1. The topological polar surface area (TPSA) is 109 Å². The summed E-state index contributed by atoms with van der Waals surface area (Å²) in [5.74, 6) is 2.06. The van der Waals surface area contributed by atoms with Gasteiger partial charge in [0.05, 0.1) is 11.6 Å². The number of hydrogen-bond acceptors (Lipinski definition) is 7. The van der Waals surface area contributed by atoms with E-state index < -0.39 is 0 Å². The Morgan fingerprint density at radius 1 is 1.19 bits per heavy atom. The molecule has 0 atom stereocenters. The van der Waals surface area contributed by atoms with Crippen LogP contribution in [0.5, 0.6) is 0 Å². The fraction of sp³-hybridized carbons (Fsp3) is 0.500. The Balaban J connectivity index is 1.58. The Bertz CT molecular complexity index is 923. The molecule has 1 aliphatic heterocycles. The molecule has 0 spiro atoms. The van der Waals surface area contributed by atoms with Gasteiger partial charge in [0, 0.05) is 39.1 Å². The quantitative estimate of drug-likeness (QED) is 0.731. The molecular formula is C16H21N9O. The first-order chi connectivity index (χ1) is 12.5. The number of H-pyrrole nitrogens is 1. The molecule has 0 radical (unpaired) electrons. The van der Waals surface area contributed by atoms with Crippen LogP contribution in [0.15, 0.2) is 12.5 Å². The number of rotatable bonds is 3. The Kier molecular flexibility index (Phi) is 4.02. The van der Waals surface area contributed by atoms with Gasteiger partial charge < -0.3 is 9.80 Å². The van der Waals surface area contributed by atoms with Gasteiger partial charge in [0.2, 0.25) is 5.82 Å². The lowest BCUT2D eigenvalue weighted by Gasteiger charge is -2.35. The van der Waals surface area contributed by atoms with Crippen molar-refractivity contribution in [3.8, 4) is 0 Å². The lowest BCUT2D eigenvalue weighted by molar-refractivity contribution is 0.0734. The van der Waals surface area contributed by atoms with Crippen molar-refractivity contribution in [1.29, 1.82) is 0 Å². The molecule has 0 aliphatic carbocycles. The lowest BCUT2D eigenvalue weighted by Crippen LogP contribution is -2.49. The van der Waals surface area contributed by atoms with E-state index >= 15 is 0 Å². The predicted molar refractivity (Wildman–Crippen MR) is 94.9 cm³/mol. The molecule has 1 saturated heterocycles. The van der Waals surface area contributed by atoms with E-state index in [0.717, 1.165) is 22.7 Å². The summed E-state index contributed by atoms with van der Waals surface area (Å²) in [4.78, 5) is 29.7. The van der Waals surface area contributed by atoms with Gasteiger partial charge >= 0.3 is 0 Å². The van der Waals surface area contributed by atoms with Crippen LogP contribution in [0.4, 0.5) is 5.82 Å². The molecule has 1 fully saturated rings. The Morgan fingerprint density at radius 2 is 1.96 bits per heavy atom. The molecule has 0 aromatic carbocycles. The van der Waals surface area contributed by atoms with Gasteiger partial charge in [-0.25, -0.2) is 15.0 Å². The normalized spacial score (nSPS) is 15.2. The molecule has 0 saturated carbocycles. The number of anilines is 1. The minimum absolute atomic E-state index is 0.126. The van der Waals surface area contributed by atoms with Crippen molar-refractivity contribution in [3.05, 3.63) is 24.2 Å². The number of piperazine rings is 1. The molecule has 1 aliphatic rings. The molecule has 10 nitrogen and oxygen atoms in total. The van der Waals surface area contributed by atoms with Crippen LogP contribution in [0.25, 0.3) is 11.0 Å². The molecule has 0 unspecified atom stereocenters. The molecule has 4 heterocycles. The van der Waals surface area contributed by atoms with E-state index in [2.05, 4.69) is 44.0 Å². The van der Waals surface area contributed by atoms with E-state index in [1.54, 1.807) is 15.8 Å². The largest absolute Gasteiger partial charge is 0.352 e. The van der Waals surface area contributed by atoms with Gasteiger partial charge in [-0.3, -0.25) is 14.6 Å². The maximum Gasteiger partial charge on any atom is 0.291 e. The summed E-state index contributed by atoms with van der Waals surface area (Å²) in [6, 6.07) is 0. The van der Waals surface area contributed by atoms with Crippen molar-refractivity contribution in [2.24, 2.45) is 7.05 Å². The fourth-order valence-corrected chi connectivity index (χ4v) is 3.10. The van der Waals surface area contributed by atoms with Crippen LogP contribution >= 0.6 is 0 Å². The number of carbonyl (C=O) groups excluding carboxylic acids is 1. The third-order valence-electron chi connectivity index (χ3n) is 4.59. The zero-order chi connectivity index (χ0) is 18.3. The number of nitrogens with zero attached hydrogens (tertiary/aromatic N) is 8. The summed E-state index contributed by atoms with van der Waals surface area (Å²) < 4.78 is 1.77. The number of aryl methyl sites for hydroxylation is 1. The highest BCUT2D eigenvalue weighted by molar-refractivity contribution is 5.91. The highest BCUT2D eigenvalue weighted by Gasteiger charge is 2.26. The maximum absolute atomic E-state index is 12.4. The van der Waals surface area contributed by atoms with Crippen LogP contribution in [-0.2, 0) is 7.05 Å². The summed E-state index contributed by atoms with van der Waals surface area (Å²) in [7, 11) is 1.89. The molecular weight excluding hydrogens is 334 g/mol. The van der Waals surface area contributed by atoms with Gasteiger partial charge in [-0.1, -0.05) is 13.8 Å². The average Bonchev–Trinajstić information content (AvgIpc) is 3.31. The zero-order valence-corrected chi connectivity index (χ0v) is 15.0. The van der Waals surface area contributed by atoms with Gasteiger partial charge in [0.25, 0.3) is 5.91 Å². The number of amides is 1. The van der Waals surface area contributed by atoms with Crippen LogP contribution in [-0.4, -0.2) is 71.9 Å². The van der Waals surface area contributed by atoms with Crippen LogP contribution < -0.4 is 4.90 Å². The van der Waals surface area contributed by atoms with Gasteiger partial charge in [-0.15, -0.1) is 0 Å². The van der Waals surface area contributed by atoms with Crippen molar-refractivity contribution in [1.82, 2.24) is 39.8 Å². The Hall–Kier alpha value is -3.04. The number of fused-ring (bicyclic) bond motifs is 1. The minimum atomic E-state index is -0.126. The number of hydrogen-bond donors (Lipinski definition) is 1. The Labute approximate surface area is 150 Å². The number of aromatic amines is 1. The Morgan fingerprint density at radius 3 is 2.62 bits per heavy atom. The first kappa shape index (κ1) is 16.4. The van der Waals surface area contributed by atoms with E-state index in [4.69, 9.17) is 4.98 Å². The van der Waals surface area contributed by atoms with Gasteiger partial charge in [0.15, 0.2) is 5.65 Å². The van der Waals surface area contributed by atoms with E-state index in [1.165, 1.54) is 6.33 Å². The second-order valence-electron chi connectivity index (χ2n) is 6.68. The summed E-state index contributed by atoms with van der Waals surface area (Å²) in [5.41, 5.74) is 0.832. The number of carbonyl (C=O) groups is 1. The lowest BCUT2D eigenvalue weighted by atomic mass is 10.2. The van der Waals surface area contributed by atoms with Crippen molar-refractivity contribution < 1.29 is 4.79 Å². The fourth-order valence-electron chi connectivity index (χ4n) is 3.10. The molecule has 10 heteroatoms. The average molecular weight is 355 g/mol. The molecule has 136 valence electrons. The minimum Gasteiger partial charge on any atom is -0.352 e. The number of aromatic nitrogens is 7. The van der Waals surface area contributed by atoms with E-state index in [-0.39, 0.29) is 17.6 Å². The molecule has 1 amide bonds. The van der Waals surface area contributed by atoms with Crippen molar-refractivity contribution in [3.63, 3.8) is 0 Å². The summed E-state index contributed by atoms with van der Waals surface area (Å²) in [6.07, 6.45) is 3.15. The van der Waals surface area contributed by atoms with Gasteiger partial charge in [-0.2, -0.15) is 10.2 Å². The van der Waals surface area contributed by atoms with E-state index in [0.29, 0.717) is 26.2 Å². The molecule has 3 aromatic rings. The monoisotopic (exact) mass is 355 g/mol. The van der Waals surface area contributed by atoms with Crippen molar-refractivity contribution >= 4 is 22.8 Å².